The van der Waals surface area contributed by atoms with Gasteiger partial charge in [0.15, 0.2) is 0 Å². The fraction of sp³-hybridized carbons (Fsp3) is 0.462. The summed E-state index contributed by atoms with van der Waals surface area (Å²) in [5.41, 5.74) is 1.15. The van der Waals surface area contributed by atoms with Crippen LogP contribution < -0.4 is 9.46 Å². The highest BCUT2D eigenvalue weighted by Gasteiger charge is 2.37. The quantitative estimate of drug-likeness (QED) is 0.555. The van der Waals surface area contributed by atoms with Gasteiger partial charge in [0.2, 0.25) is 10.0 Å². The van der Waals surface area contributed by atoms with Crippen LogP contribution in [0, 0.1) is 5.92 Å². The smallest absolute Gasteiger partial charge is 0.410 e. The number of benzene rings is 2. The molecule has 2 aromatic rings. The molecule has 1 aliphatic rings. The highest BCUT2D eigenvalue weighted by molar-refractivity contribution is 7.89. The van der Waals surface area contributed by atoms with Crippen LogP contribution in [-0.4, -0.2) is 64.3 Å². The maximum atomic E-state index is 13.1. The number of nitrogens with zero attached hydrogens (tertiary/aromatic N) is 1. The molecule has 1 amide bonds. The van der Waals surface area contributed by atoms with Gasteiger partial charge in [0, 0.05) is 13.1 Å². The van der Waals surface area contributed by atoms with Crippen molar-refractivity contribution in [3.05, 3.63) is 48.5 Å². The number of esters is 1. The van der Waals surface area contributed by atoms with Crippen LogP contribution in [-0.2, 0) is 24.3 Å². The van der Waals surface area contributed by atoms with Crippen molar-refractivity contribution in [2.24, 2.45) is 5.92 Å². The molecule has 0 aliphatic carbocycles. The van der Waals surface area contributed by atoms with Gasteiger partial charge in [-0.05, 0) is 74.9 Å². The number of hydrogen-bond donors (Lipinski definition) is 1. The van der Waals surface area contributed by atoms with Crippen LogP contribution in [0.4, 0.5) is 4.79 Å². The molecule has 1 saturated heterocycles. The molecule has 0 aromatic heterocycles. The Bertz CT molecular complexity index is 1150. The van der Waals surface area contributed by atoms with Crippen molar-refractivity contribution < 1.29 is 32.2 Å². The first kappa shape index (κ1) is 27.5. The molecule has 1 fully saturated rings. The fourth-order valence-corrected chi connectivity index (χ4v) is 5.30. The van der Waals surface area contributed by atoms with Gasteiger partial charge in [-0.3, -0.25) is 4.79 Å². The zero-order valence-corrected chi connectivity index (χ0v) is 22.1. The van der Waals surface area contributed by atoms with Crippen molar-refractivity contribution in [3.8, 4) is 16.9 Å². The number of ether oxygens (including phenoxy) is 3. The fourth-order valence-electron chi connectivity index (χ4n) is 4.05. The van der Waals surface area contributed by atoms with E-state index in [0.717, 1.165) is 16.9 Å². The number of carbonyl (C=O) groups excluding carboxylic acids is 2. The van der Waals surface area contributed by atoms with E-state index in [-0.39, 0.29) is 10.8 Å². The Morgan fingerprint density at radius 3 is 1.94 bits per heavy atom. The van der Waals surface area contributed by atoms with E-state index in [1.54, 1.807) is 44.9 Å². The molecule has 0 radical (unpaired) electrons. The third-order valence-electron chi connectivity index (χ3n) is 5.99. The van der Waals surface area contributed by atoms with Crippen LogP contribution in [0.3, 0.4) is 0 Å². The van der Waals surface area contributed by atoms with E-state index in [4.69, 9.17) is 14.2 Å². The summed E-state index contributed by atoms with van der Waals surface area (Å²) in [5.74, 6) is -0.262. The summed E-state index contributed by atoms with van der Waals surface area (Å²) in [6.07, 6.45) is 0.434. The maximum absolute atomic E-state index is 13.1. The second-order valence-electron chi connectivity index (χ2n) is 9.68. The summed E-state index contributed by atoms with van der Waals surface area (Å²) in [5, 5.41) is 0. The molecule has 2 aromatic carbocycles. The molecule has 36 heavy (non-hydrogen) atoms. The van der Waals surface area contributed by atoms with Crippen molar-refractivity contribution in [2.45, 2.75) is 50.2 Å². The molecule has 0 spiro atoms. The van der Waals surface area contributed by atoms with Gasteiger partial charge in [-0.2, -0.15) is 4.72 Å². The average molecular weight is 519 g/mol. The van der Waals surface area contributed by atoms with Crippen LogP contribution in [0.25, 0.3) is 11.1 Å². The third kappa shape index (κ3) is 6.98. The van der Waals surface area contributed by atoms with Gasteiger partial charge in [-0.1, -0.05) is 24.3 Å². The Balaban J connectivity index is 1.70. The van der Waals surface area contributed by atoms with E-state index in [0.29, 0.717) is 25.9 Å². The Labute approximate surface area is 212 Å². The number of amides is 1. The van der Waals surface area contributed by atoms with E-state index >= 15 is 0 Å². The number of rotatable bonds is 7. The van der Waals surface area contributed by atoms with Gasteiger partial charge >= 0.3 is 12.1 Å². The predicted molar refractivity (Wildman–Crippen MR) is 135 cm³/mol. The lowest BCUT2D eigenvalue weighted by Crippen LogP contribution is -2.51. The number of nitrogens with one attached hydrogen (secondary N) is 1. The molecular formula is C26H34N2O7S. The van der Waals surface area contributed by atoms with E-state index in [1.165, 1.54) is 19.2 Å². The van der Waals surface area contributed by atoms with Gasteiger partial charge < -0.3 is 19.1 Å². The first-order chi connectivity index (χ1) is 16.9. The Kier molecular flexibility index (Phi) is 8.63. The predicted octanol–water partition coefficient (Wildman–Crippen LogP) is 3.83. The largest absolute Gasteiger partial charge is 0.497 e. The molecule has 9 nitrogen and oxygen atoms in total. The Morgan fingerprint density at radius 1 is 0.944 bits per heavy atom. The van der Waals surface area contributed by atoms with Crippen molar-refractivity contribution >= 4 is 22.1 Å². The van der Waals surface area contributed by atoms with Crippen molar-refractivity contribution in [1.82, 2.24) is 9.62 Å². The Hall–Kier alpha value is -3.11. The van der Waals surface area contributed by atoms with Crippen LogP contribution in [0.2, 0.25) is 0 Å². The zero-order valence-electron chi connectivity index (χ0n) is 21.3. The van der Waals surface area contributed by atoms with Gasteiger partial charge in [0.25, 0.3) is 0 Å². The first-order valence-electron chi connectivity index (χ1n) is 11.8. The maximum Gasteiger partial charge on any atom is 0.410 e. The molecule has 0 saturated carbocycles. The lowest BCUT2D eigenvalue weighted by molar-refractivity contribution is -0.144. The third-order valence-corrected chi connectivity index (χ3v) is 7.44. The summed E-state index contributed by atoms with van der Waals surface area (Å²) in [6, 6.07) is 12.8. The van der Waals surface area contributed by atoms with Crippen molar-refractivity contribution in [1.29, 1.82) is 0 Å². The molecule has 3 rings (SSSR count). The Morgan fingerprint density at radius 2 is 1.47 bits per heavy atom. The normalized spacial score (nSPS) is 15.8. The standard InChI is InChI=1S/C26H34N2O7S/c1-26(2,3)35-25(30)28-16-14-20(15-17-28)23(24(29)34-5)27-36(31,32)22-12-8-19(9-13-22)18-6-10-21(33-4)11-7-18/h6-13,20,23,27H,14-17H2,1-5H3/t23-/m1/s1. The monoisotopic (exact) mass is 518 g/mol. The van der Waals surface area contributed by atoms with E-state index < -0.39 is 33.7 Å². The van der Waals surface area contributed by atoms with Gasteiger partial charge in [0.05, 0.1) is 19.1 Å². The topological polar surface area (TPSA) is 111 Å². The highest BCUT2D eigenvalue weighted by Crippen LogP contribution is 2.26. The molecule has 1 heterocycles. The molecule has 196 valence electrons. The van der Waals surface area contributed by atoms with Crippen molar-refractivity contribution in [2.75, 3.05) is 27.3 Å². The van der Waals surface area contributed by atoms with E-state index in [9.17, 15) is 18.0 Å². The minimum atomic E-state index is -4.00. The summed E-state index contributed by atoms with van der Waals surface area (Å²) < 4.78 is 44.3. The SMILES string of the molecule is COC(=O)[C@H](NS(=O)(=O)c1ccc(-c2ccc(OC)cc2)cc1)C1CCN(C(=O)OC(C)(C)C)CC1. The van der Waals surface area contributed by atoms with E-state index in [2.05, 4.69) is 4.72 Å². The second kappa shape index (κ2) is 11.3. The summed E-state index contributed by atoms with van der Waals surface area (Å²) in [7, 11) is -1.19. The second-order valence-corrected chi connectivity index (χ2v) is 11.4. The molecule has 1 aliphatic heterocycles. The number of hydrogen-bond acceptors (Lipinski definition) is 7. The summed E-state index contributed by atoms with van der Waals surface area (Å²) in [4.78, 5) is 26.5. The molecule has 0 unspecified atom stereocenters. The lowest BCUT2D eigenvalue weighted by atomic mass is 9.90. The molecule has 1 atom stereocenters. The number of likely N-dealkylation sites (tertiary alicyclic amines) is 1. The summed E-state index contributed by atoms with van der Waals surface area (Å²) >= 11 is 0. The van der Waals surface area contributed by atoms with Crippen molar-refractivity contribution in [3.63, 3.8) is 0 Å². The van der Waals surface area contributed by atoms with Gasteiger partial charge in [-0.15, -0.1) is 0 Å². The van der Waals surface area contributed by atoms with Crippen LogP contribution in [0.1, 0.15) is 33.6 Å². The van der Waals surface area contributed by atoms with E-state index in [1.807, 2.05) is 24.3 Å². The molecule has 10 heteroatoms. The molecule has 1 N–H and O–H groups in total. The number of methoxy groups -OCH3 is 2. The molecule has 0 bridgehead atoms. The minimum absolute atomic E-state index is 0.0415. The van der Waals surface area contributed by atoms with Crippen LogP contribution >= 0.6 is 0 Å². The number of carbonyl (C=O) groups is 2. The highest BCUT2D eigenvalue weighted by atomic mass is 32.2. The minimum Gasteiger partial charge on any atom is -0.497 e. The summed E-state index contributed by atoms with van der Waals surface area (Å²) in [6.45, 7) is 6.09. The van der Waals surface area contributed by atoms with Gasteiger partial charge in [0.1, 0.15) is 17.4 Å². The van der Waals surface area contributed by atoms with Crippen LogP contribution in [0.15, 0.2) is 53.4 Å². The molecular weight excluding hydrogens is 484 g/mol. The number of sulfonamides is 1. The lowest BCUT2D eigenvalue weighted by Gasteiger charge is -2.35. The number of piperidine rings is 1. The van der Waals surface area contributed by atoms with Gasteiger partial charge in [-0.25, -0.2) is 13.2 Å². The average Bonchev–Trinajstić information content (AvgIpc) is 2.86. The zero-order chi connectivity index (χ0) is 26.5. The first-order valence-corrected chi connectivity index (χ1v) is 13.2. The van der Waals surface area contributed by atoms with Crippen LogP contribution in [0.5, 0.6) is 5.75 Å².